The summed E-state index contributed by atoms with van der Waals surface area (Å²) in [6.07, 6.45) is 1.22. The van der Waals surface area contributed by atoms with Crippen molar-refractivity contribution in [2.75, 3.05) is 0 Å². The highest BCUT2D eigenvalue weighted by Crippen LogP contribution is 2.24. The number of carboxylic acids is 1. The third kappa shape index (κ3) is 2.62. The average molecular weight is 296 g/mol. The van der Waals surface area contributed by atoms with E-state index in [1.165, 1.54) is 23.0 Å². The van der Waals surface area contributed by atoms with E-state index in [0.29, 0.717) is 11.3 Å². The summed E-state index contributed by atoms with van der Waals surface area (Å²) in [7, 11) is 0. The maximum absolute atomic E-state index is 11.0. The SMILES string of the molecule is Cc1c(C(=O)O)cnn1Cc1ccc(Cl)cc1[N+](=O)[O-]. The van der Waals surface area contributed by atoms with Crippen LogP contribution in [0.2, 0.25) is 5.02 Å². The summed E-state index contributed by atoms with van der Waals surface area (Å²) in [5.74, 6) is -1.08. The van der Waals surface area contributed by atoms with Crippen LogP contribution in [-0.2, 0) is 6.54 Å². The molecular weight excluding hydrogens is 286 g/mol. The van der Waals surface area contributed by atoms with Crippen LogP contribution >= 0.6 is 11.6 Å². The van der Waals surface area contributed by atoms with E-state index in [4.69, 9.17) is 16.7 Å². The van der Waals surface area contributed by atoms with E-state index in [9.17, 15) is 14.9 Å². The largest absolute Gasteiger partial charge is 0.478 e. The molecule has 0 aliphatic heterocycles. The van der Waals surface area contributed by atoms with Crippen molar-refractivity contribution in [3.8, 4) is 0 Å². The van der Waals surface area contributed by atoms with Crippen molar-refractivity contribution in [3.63, 3.8) is 0 Å². The van der Waals surface area contributed by atoms with Crippen LogP contribution in [0.4, 0.5) is 5.69 Å². The molecule has 0 amide bonds. The molecule has 0 fully saturated rings. The number of nitro groups is 1. The van der Waals surface area contributed by atoms with Gasteiger partial charge in [-0.05, 0) is 19.1 Å². The molecule has 1 aromatic carbocycles. The van der Waals surface area contributed by atoms with E-state index in [-0.39, 0.29) is 22.8 Å². The van der Waals surface area contributed by atoms with E-state index in [0.717, 1.165) is 0 Å². The van der Waals surface area contributed by atoms with Crippen LogP contribution in [0.15, 0.2) is 24.4 Å². The molecule has 0 saturated heterocycles. The van der Waals surface area contributed by atoms with Gasteiger partial charge in [-0.2, -0.15) is 5.10 Å². The van der Waals surface area contributed by atoms with Gasteiger partial charge in [-0.3, -0.25) is 14.8 Å². The third-order valence-corrected chi connectivity index (χ3v) is 3.13. The van der Waals surface area contributed by atoms with Crippen molar-refractivity contribution in [3.05, 3.63) is 56.4 Å². The Labute approximate surface area is 118 Å². The van der Waals surface area contributed by atoms with Crippen LogP contribution in [0.3, 0.4) is 0 Å². The lowest BCUT2D eigenvalue weighted by Crippen LogP contribution is -2.07. The summed E-state index contributed by atoms with van der Waals surface area (Å²) in [5, 5.41) is 24.1. The quantitative estimate of drug-likeness (QED) is 0.690. The molecule has 0 aliphatic carbocycles. The number of carbonyl (C=O) groups is 1. The Hall–Kier alpha value is -2.41. The van der Waals surface area contributed by atoms with Gasteiger partial charge in [0.15, 0.2) is 0 Å². The van der Waals surface area contributed by atoms with E-state index in [2.05, 4.69) is 5.10 Å². The fourth-order valence-corrected chi connectivity index (χ4v) is 1.98. The van der Waals surface area contributed by atoms with Gasteiger partial charge in [0, 0.05) is 11.1 Å². The second-order valence-corrected chi connectivity index (χ2v) is 4.57. The number of rotatable bonds is 4. The zero-order valence-corrected chi connectivity index (χ0v) is 11.2. The van der Waals surface area contributed by atoms with Crippen LogP contribution in [0.1, 0.15) is 21.6 Å². The number of nitrogens with zero attached hydrogens (tertiary/aromatic N) is 3. The predicted molar refractivity (Wildman–Crippen MR) is 71.1 cm³/mol. The zero-order chi connectivity index (χ0) is 14.9. The van der Waals surface area contributed by atoms with E-state index in [1.807, 2.05) is 0 Å². The average Bonchev–Trinajstić information content (AvgIpc) is 2.73. The number of halogens is 1. The lowest BCUT2D eigenvalue weighted by atomic mass is 10.1. The van der Waals surface area contributed by atoms with Gasteiger partial charge in [0.05, 0.1) is 28.9 Å². The first-order valence-electron chi connectivity index (χ1n) is 5.58. The van der Waals surface area contributed by atoms with Crippen molar-refractivity contribution < 1.29 is 14.8 Å². The number of aromatic carboxylic acids is 1. The van der Waals surface area contributed by atoms with Crippen LogP contribution in [0.5, 0.6) is 0 Å². The monoisotopic (exact) mass is 295 g/mol. The first-order valence-corrected chi connectivity index (χ1v) is 5.96. The predicted octanol–water partition coefficient (Wildman–Crippen LogP) is 2.50. The Morgan fingerprint density at radius 1 is 1.55 bits per heavy atom. The summed E-state index contributed by atoms with van der Waals surface area (Å²) >= 11 is 5.74. The zero-order valence-electron chi connectivity index (χ0n) is 10.4. The molecule has 0 aliphatic rings. The van der Waals surface area contributed by atoms with Gasteiger partial charge in [-0.25, -0.2) is 4.79 Å². The summed E-state index contributed by atoms with van der Waals surface area (Å²) < 4.78 is 1.40. The summed E-state index contributed by atoms with van der Waals surface area (Å²) in [5.41, 5.74) is 0.787. The molecule has 0 unspecified atom stereocenters. The van der Waals surface area contributed by atoms with Crippen molar-refractivity contribution in [2.24, 2.45) is 0 Å². The van der Waals surface area contributed by atoms with E-state index >= 15 is 0 Å². The molecule has 8 heteroatoms. The van der Waals surface area contributed by atoms with E-state index in [1.54, 1.807) is 13.0 Å². The normalized spacial score (nSPS) is 10.5. The van der Waals surface area contributed by atoms with Crippen LogP contribution in [0.25, 0.3) is 0 Å². The Morgan fingerprint density at radius 3 is 2.80 bits per heavy atom. The molecule has 7 nitrogen and oxygen atoms in total. The summed E-state index contributed by atoms with van der Waals surface area (Å²) in [6, 6.07) is 4.33. The van der Waals surface area contributed by atoms with Gasteiger partial charge < -0.3 is 5.11 Å². The molecule has 0 radical (unpaired) electrons. The number of aromatic nitrogens is 2. The van der Waals surface area contributed by atoms with Gasteiger partial charge in [0.1, 0.15) is 5.56 Å². The minimum atomic E-state index is -1.08. The van der Waals surface area contributed by atoms with Crippen molar-refractivity contribution in [1.29, 1.82) is 0 Å². The maximum Gasteiger partial charge on any atom is 0.339 e. The number of carboxylic acid groups (broad SMARTS) is 1. The topological polar surface area (TPSA) is 98.3 Å². The van der Waals surface area contributed by atoms with Crippen LogP contribution in [-0.4, -0.2) is 25.8 Å². The molecule has 0 atom stereocenters. The van der Waals surface area contributed by atoms with Gasteiger partial charge in [0.25, 0.3) is 5.69 Å². The fourth-order valence-electron chi connectivity index (χ4n) is 1.82. The van der Waals surface area contributed by atoms with Gasteiger partial charge in [-0.15, -0.1) is 0 Å². The van der Waals surface area contributed by atoms with Crippen molar-refractivity contribution in [1.82, 2.24) is 9.78 Å². The summed E-state index contributed by atoms with van der Waals surface area (Å²) in [4.78, 5) is 21.4. The Bertz CT molecular complexity index is 696. The molecule has 2 rings (SSSR count). The lowest BCUT2D eigenvalue weighted by Gasteiger charge is -2.06. The molecule has 104 valence electrons. The van der Waals surface area contributed by atoms with E-state index < -0.39 is 10.9 Å². The van der Waals surface area contributed by atoms with Crippen LogP contribution < -0.4 is 0 Å². The number of hydrogen-bond acceptors (Lipinski definition) is 4. The molecular formula is C12H10ClN3O4. The highest BCUT2D eigenvalue weighted by atomic mass is 35.5. The first-order chi connectivity index (χ1) is 9.40. The van der Waals surface area contributed by atoms with Gasteiger partial charge in [-0.1, -0.05) is 11.6 Å². The molecule has 1 N–H and O–H groups in total. The number of benzene rings is 1. The highest BCUT2D eigenvalue weighted by molar-refractivity contribution is 6.30. The number of hydrogen-bond donors (Lipinski definition) is 1. The molecule has 20 heavy (non-hydrogen) atoms. The third-order valence-electron chi connectivity index (χ3n) is 2.90. The fraction of sp³-hybridized carbons (Fsp3) is 0.167. The molecule has 1 aromatic heterocycles. The molecule has 2 aromatic rings. The number of nitro benzene ring substituents is 1. The second kappa shape index (κ2) is 5.30. The minimum Gasteiger partial charge on any atom is -0.478 e. The molecule has 1 heterocycles. The van der Waals surface area contributed by atoms with Crippen LogP contribution in [0, 0.1) is 17.0 Å². The van der Waals surface area contributed by atoms with Crippen molar-refractivity contribution >= 4 is 23.3 Å². The maximum atomic E-state index is 11.0. The highest BCUT2D eigenvalue weighted by Gasteiger charge is 2.18. The lowest BCUT2D eigenvalue weighted by molar-refractivity contribution is -0.385. The minimum absolute atomic E-state index is 0.0709. The Balaban J connectivity index is 2.40. The smallest absolute Gasteiger partial charge is 0.339 e. The first kappa shape index (κ1) is 14.0. The molecule has 0 bridgehead atoms. The van der Waals surface area contributed by atoms with Crippen molar-refractivity contribution in [2.45, 2.75) is 13.5 Å². The molecule has 0 saturated carbocycles. The standard InChI is InChI=1S/C12H10ClN3O4/c1-7-10(12(17)18)5-14-15(7)6-8-2-3-9(13)4-11(8)16(19)20/h2-5H,6H2,1H3,(H,17,18). The Kier molecular flexibility index (Phi) is 3.71. The second-order valence-electron chi connectivity index (χ2n) is 4.14. The Morgan fingerprint density at radius 2 is 2.25 bits per heavy atom. The van der Waals surface area contributed by atoms with Gasteiger partial charge >= 0.3 is 5.97 Å². The van der Waals surface area contributed by atoms with Gasteiger partial charge in [0.2, 0.25) is 0 Å². The summed E-state index contributed by atoms with van der Waals surface area (Å²) in [6.45, 7) is 1.70. The molecule has 0 spiro atoms.